The van der Waals surface area contributed by atoms with Gasteiger partial charge in [-0.05, 0) is 24.3 Å². The van der Waals surface area contributed by atoms with Gasteiger partial charge in [-0.1, -0.05) is 0 Å². The van der Waals surface area contributed by atoms with E-state index < -0.39 is 0 Å². The molecule has 0 atom stereocenters. The predicted molar refractivity (Wildman–Crippen MR) is 59.9 cm³/mol. The largest absolute Gasteiger partial charge is 0.493 e. The Morgan fingerprint density at radius 3 is 2.62 bits per heavy atom. The second-order valence-corrected chi connectivity index (χ2v) is 3.23. The predicted octanol–water partition coefficient (Wildman–Crippen LogP) is 1.08. The Balaban J connectivity index is 1.82. The van der Waals surface area contributed by atoms with Crippen LogP contribution in [0.15, 0.2) is 36.7 Å². The van der Waals surface area contributed by atoms with Gasteiger partial charge in [-0.25, -0.2) is 4.98 Å². The quantitative estimate of drug-likeness (QED) is 0.774. The summed E-state index contributed by atoms with van der Waals surface area (Å²) in [6.07, 6.45) is 3.80. The number of nitrogens with two attached hydrogens (primary N) is 1. The van der Waals surface area contributed by atoms with E-state index in [1.807, 2.05) is 12.1 Å². The lowest BCUT2D eigenvalue weighted by molar-refractivity contribution is 0.318. The van der Waals surface area contributed by atoms with Gasteiger partial charge in [0.05, 0.1) is 12.8 Å². The first-order chi connectivity index (χ1) is 7.84. The molecule has 82 valence electrons. The van der Waals surface area contributed by atoms with E-state index in [1.54, 1.807) is 24.5 Å². The molecular formula is C11H12N4O. The highest BCUT2D eigenvalue weighted by atomic mass is 16.5. The fraction of sp³-hybridized carbons (Fsp3) is 0.182. The fourth-order valence-corrected chi connectivity index (χ4v) is 1.21. The van der Waals surface area contributed by atoms with Crippen LogP contribution < -0.4 is 10.5 Å². The van der Waals surface area contributed by atoms with E-state index in [2.05, 4.69) is 15.2 Å². The van der Waals surface area contributed by atoms with Crippen LogP contribution in [0.25, 0.3) is 0 Å². The Hall–Kier alpha value is -2.17. The van der Waals surface area contributed by atoms with Crippen LogP contribution in [0, 0.1) is 0 Å². The molecule has 0 spiro atoms. The summed E-state index contributed by atoms with van der Waals surface area (Å²) in [6, 6.07) is 7.27. The molecule has 1 heterocycles. The van der Waals surface area contributed by atoms with Crippen molar-refractivity contribution in [3.8, 4) is 5.75 Å². The van der Waals surface area contributed by atoms with Crippen molar-refractivity contribution in [2.75, 3.05) is 12.3 Å². The Labute approximate surface area is 93.3 Å². The number of hydrogen-bond acceptors (Lipinski definition) is 5. The molecule has 16 heavy (non-hydrogen) atoms. The van der Waals surface area contributed by atoms with E-state index in [1.165, 1.54) is 0 Å². The highest BCUT2D eigenvalue weighted by Crippen LogP contribution is 2.12. The van der Waals surface area contributed by atoms with Gasteiger partial charge in [-0.15, -0.1) is 5.10 Å². The summed E-state index contributed by atoms with van der Waals surface area (Å²) in [7, 11) is 0. The topological polar surface area (TPSA) is 73.9 Å². The molecule has 0 fully saturated rings. The van der Waals surface area contributed by atoms with Gasteiger partial charge in [0.2, 0.25) is 0 Å². The summed E-state index contributed by atoms with van der Waals surface area (Å²) in [5.74, 6) is 1.47. The number of hydrogen-bond donors (Lipinski definition) is 1. The molecule has 0 bridgehead atoms. The molecule has 5 heteroatoms. The number of rotatable bonds is 4. The standard InChI is InChI=1S/C11H12N4O/c12-9-1-3-10(4-2-9)16-8-5-11-13-6-7-14-15-11/h1-4,6-7H,5,8,12H2. The van der Waals surface area contributed by atoms with E-state index in [0.29, 0.717) is 18.9 Å². The number of nitrogens with zero attached hydrogens (tertiary/aromatic N) is 3. The third kappa shape index (κ3) is 2.91. The van der Waals surface area contributed by atoms with E-state index in [9.17, 15) is 0 Å². The second-order valence-electron chi connectivity index (χ2n) is 3.23. The van der Waals surface area contributed by atoms with Crippen molar-refractivity contribution >= 4 is 5.69 Å². The molecule has 0 saturated heterocycles. The first-order valence-corrected chi connectivity index (χ1v) is 4.95. The number of ether oxygens (including phenoxy) is 1. The lowest BCUT2D eigenvalue weighted by Gasteiger charge is -2.04. The first kappa shape index (κ1) is 10.4. The van der Waals surface area contributed by atoms with Gasteiger partial charge in [0.15, 0.2) is 5.82 Å². The highest BCUT2D eigenvalue weighted by Gasteiger charge is 1.97. The van der Waals surface area contributed by atoms with Crippen LogP contribution in [0.1, 0.15) is 5.82 Å². The van der Waals surface area contributed by atoms with Crippen molar-refractivity contribution in [3.63, 3.8) is 0 Å². The SMILES string of the molecule is Nc1ccc(OCCc2nccnn2)cc1. The van der Waals surface area contributed by atoms with Crippen molar-refractivity contribution in [3.05, 3.63) is 42.5 Å². The molecule has 2 aromatic rings. The smallest absolute Gasteiger partial charge is 0.154 e. The van der Waals surface area contributed by atoms with Gasteiger partial charge in [0.1, 0.15) is 5.75 Å². The number of benzene rings is 1. The maximum Gasteiger partial charge on any atom is 0.154 e. The van der Waals surface area contributed by atoms with Gasteiger partial charge < -0.3 is 10.5 Å². The van der Waals surface area contributed by atoms with Crippen LogP contribution >= 0.6 is 0 Å². The summed E-state index contributed by atoms with van der Waals surface area (Å²) in [6.45, 7) is 0.523. The molecule has 0 unspecified atom stereocenters. The Morgan fingerprint density at radius 1 is 1.12 bits per heavy atom. The van der Waals surface area contributed by atoms with Crippen LogP contribution in [0.5, 0.6) is 5.75 Å². The first-order valence-electron chi connectivity index (χ1n) is 4.95. The molecule has 0 aliphatic rings. The highest BCUT2D eigenvalue weighted by molar-refractivity contribution is 5.41. The Bertz CT molecular complexity index is 429. The van der Waals surface area contributed by atoms with Gasteiger partial charge in [-0.3, -0.25) is 0 Å². The Morgan fingerprint density at radius 2 is 1.94 bits per heavy atom. The molecule has 0 amide bonds. The van der Waals surface area contributed by atoms with Gasteiger partial charge >= 0.3 is 0 Å². The zero-order chi connectivity index (χ0) is 11.2. The minimum absolute atomic E-state index is 0.523. The fourth-order valence-electron chi connectivity index (χ4n) is 1.21. The zero-order valence-electron chi connectivity index (χ0n) is 8.71. The van der Waals surface area contributed by atoms with Crippen LogP contribution in [0.3, 0.4) is 0 Å². The normalized spacial score (nSPS) is 10.0. The molecule has 2 rings (SSSR count). The molecule has 1 aromatic heterocycles. The molecule has 0 aliphatic carbocycles. The van der Waals surface area contributed by atoms with Gasteiger partial charge in [-0.2, -0.15) is 5.10 Å². The van der Waals surface area contributed by atoms with Crippen LogP contribution in [-0.2, 0) is 6.42 Å². The average Bonchev–Trinajstić information content (AvgIpc) is 2.33. The van der Waals surface area contributed by atoms with E-state index in [4.69, 9.17) is 10.5 Å². The lowest BCUT2D eigenvalue weighted by atomic mass is 10.3. The van der Waals surface area contributed by atoms with E-state index in [-0.39, 0.29) is 0 Å². The van der Waals surface area contributed by atoms with Crippen molar-refractivity contribution < 1.29 is 4.74 Å². The summed E-state index contributed by atoms with van der Waals surface area (Å²) >= 11 is 0. The van der Waals surface area contributed by atoms with Gasteiger partial charge in [0.25, 0.3) is 0 Å². The lowest BCUT2D eigenvalue weighted by Crippen LogP contribution is -2.05. The van der Waals surface area contributed by atoms with Crippen molar-refractivity contribution in [1.82, 2.24) is 15.2 Å². The molecule has 5 nitrogen and oxygen atoms in total. The minimum Gasteiger partial charge on any atom is -0.493 e. The van der Waals surface area contributed by atoms with Crippen molar-refractivity contribution in [2.24, 2.45) is 0 Å². The van der Waals surface area contributed by atoms with E-state index >= 15 is 0 Å². The summed E-state index contributed by atoms with van der Waals surface area (Å²) in [5.41, 5.74) is 6.29. The van der Waals surface area contributed by atoms with Crippen LogP contribution in [-0.4, -0.2) is 21.8 Å². The summed E-state index contributed by atoms with van der Waals surface area (Å²) in [4.78, 5) is 4.05. The summed E-state index contributed by atoms with van der Waals surface area (Å²) in [5, 5.41) is 7.60. The molecule has 0 radical (unpaired) electrons. The molecule has 0 aliphatic heterocycles. The van der Waals surface area contributed by atoms with Crippen molar-refractivity contribution in [2.45, 2.75) is 6.42 Å². The van der Waals surface area contributed by atoms with Crippen LogP contribution in [0.4, 0.5) is 5.69 Å². The summed E-state index contributed by atoms with van der Waals surface area (Å²) < 4.78 is 5.50. The number of anilines is 1. The maximum absolute atomic E-state index is 5.56. The third-order valence-electron chi connectivity index (χ3n) is 2.00. The third-order valence-corrected chi connectivity index (χ3v) is 2.00. The maximum atomic E-state index is 5.56. The minimum atomic E-state index is 0.523. The number of aromatic nitrogens is 3. The Kier molecular flexibility index (Phi) is 3.28. The monoisotopic (exact) mass is 216 g/mol. The molecular weight excluding hydrogens is 204 g/mol. The van der Waals surface area contributed by atoms with Gasteiger partial charge in [0, 0.05) is 18.3 Å². The van der Waals surface area contributed by atoms with E-state index in [0.717, 1.165) is 11.4 Å². The molecule has 2 N–H and O–H groups in total. The molecule has 1 aromatic carbocycles. The zero-order valence-corrected chi connectivity index (χ0v) is 8.71. The molecule has 0 saturated carbocycles. The average molecular weight is 216 g/mol. The second kappa shape index (κ2) is 5.06. The number of nitrogen functional groups attached to an aromatic ring is 1. The van der Waals surface area contributed by atoms with Crippen LogP contribution in [0.2, 0.25) is 0 Å². The van der Waals surface area contributed by atoms with Crippen molar-refractivity contribution in [1.29, 1.82) is 0 Å².